The maximum atomic E-state index is 9.67. The number of benzene rings is 1. The third-order valence-corrected chi connectivity index (χ3v) is 25.3. The summed E-state index contributed by atoms with van der Waals surface area (Å²) in [5, 5.41) is 6.02. The summed E-state index contributed by atoms with van der Waals surface area (Å²) in [6.07, 6.45) is 0. The van der Waals surface area contributed by atoms with Crippen LogP contribution in [-0.2, 0) is 0 Å². The van der Waals surface area contributed by atoms with Gasteiger partial charge in [-0.2, -0.15) is 0 Å². The van der Waals surface area contributed by atoms with Crippen LogP contribution in [0.4, 0.5) is 18.6 Å². The van der Waals surface area contributed by atoms with E-state index in [1.165, 1.54) is 11.0 Å². The highest BCUT2D eigenvalue weighted by Crippen LogP contribution is 2.68. The van der Waals surface area contributed by atoms with Crippen molar-refractivity contribution in [2.75, 3.05) is 25.7 Å². The Labute approximate surface area is 375 Å². The summed E-state index contributed by atoms with van der Waals surface area (Å²) in [5.41, 5.74) is 1.27. The van der Waals surface area contributed by atoms with Crippen molar-refractivity contribution >= 4 is 50.2 Å². The van der Waals surface area contributed by atoms with Crippen LogP contribution in [0.25, 0.3) is 0 Å². The number of hydrogen-bond donors (Lipinski definition) is 0. The molecule has 1 aromatic carbocycles. The van der Waals surface area contributed by atoms with Gasteiger partial charge in [-0.05, 0) is 123 Å². The predicted molar refractivity (Wildman–Crippen MR) is 282 cm³/mol. The lowest BCUT2D eigenvalue weighted by Crippen LogP contribution is -3.00. The monoisotopic (exact) mass is 918 g/mol. The molecule has 1 aromatic rings. The molecule has 0 spiro atoms. The first-order valence-corrected chi connectivity index (χ1v) is 27.6. The van der Waals surface area contributed by atoms with Crippen LogP contribution in [0.2, 0.25) is 0 Å². The minimum absolute atomic E-state index is 0. The maximum Gasteiger partial charge on any atom is 0.762 e. The van der Waals surface area contributed by atoms with E-state index in [2.05, 4.69) is 258 Å². The number of rotatable bonds is 2. The third kappa shape index (κ3) is 30.3. The minimum atomic E-state index is -3.67. The van der Waals surface area contributed by atoms with Crippen molar-refractivity contribution in [3.8, 4) is 0 Å². The van der Waals surface area contributed by atoms with Crippen LogP contribution in [0.3, 0.4) is 0 Å². The van der Waals surface area contributed by atoms with Gasteiger partial charge in [0.1, 0.15) is 0 Å². The number of anilines is 1. The molecule has 0 saturated carbocycles. The van der Waals surface area contributed by atoms with Crippen molar-refractivity contribution in [2.24, 2.45) is 0 Å². The van der Waals surface area contributed by atoms with Gasteiger partial charge in [0, 0.05) is 27.7 Å². The second kappa shape index (κ2) is 24.7. The molecule has 0 N–H and O–H groups in total. The van der Waals surface area contributed by atoms with E-state index in [4.69, 9.17) is 0 Å². The Kier molecular flexibility index (Phi) is 28.7. The van der Waals surface area contributed by atoms with Crippen LogP contribution in [0, 0.1) is 0 Å². The number of hydrogen-bond acceptors (Lipinski definition) is 1. The molecule has 0 aliphatic rings. The summed E-state index contributed by atoms with van der Waals surface area (Å²) in [4.78, 5) is 2.15. The van der Waals surface area contributed by atoms with Crippen molar-refractivity contribution in [2.45, 2.75) is 259 Å². The molecule has 356 valence electrons. The Morgan fingerprint density at radius 1 is 0.424 bits per heavy atom. The molecule has 0 fully saturated rings. The normalized spacial score (nSPS) is 13.6. The Bertz CT molecular complexity index is 1110. The first-order valence-electron chi connectivity index (χ1n) is 21.6. The van der Waals surface area contributed by atoms with Crippen LogP contribution in [-0.4, -0.2) is 79.9 Å². The van der Waals surface area contributed by atoms with Crippen LogP contribution in [0.15, 0.2) is 24.3 Å². The fraction of sp³-hybridized carbons (Fsp3) is 0.878. The van der Waals surface area contributed by atoms with Crippen molar-refractivity contribution in [1.29, 1.82) is 0 Å². The van der Waals surface area contributed by atoms with Crippen molar-refractivity contribution < 1.29 is 17.7 Å². The van der Waals surface area contributed by atoms with Gasteiger partial charge in [0.25, 0.3) is 0 Å². The molecular formula is C49H104BF4NP4. The molecule has 0 atom stereocenters. The standard InChI is InChI=1S/C16H28NP.2C12H27P.C9H21P.BF3.FH/c1-15(2,3)18(16(4,5)6)14-11-9-13(10-12-14)17(7)8;2*1-10(2,3)13(11(4,5)6)12(7,8)9;1-8(2,3)10(7)9(4,5)6;2-1(3)4;/h9-12H,1-8H3;2*1-9H3;1-7H3;;1H. The third-order valence-electron chi connectivity index (χ3n) is 9.24. The lowest BCUT2D eigenvalue weighted by Gasteiger charge is -2.49. The van der Waals surface area contributed by atoms with E-state index < -0.39 is 15.5 Å². The van der Waals surface area contributed by atoms with Gasteiger partial charge in [-0.15, -0.1) is 0 Å². The summed E-state index contributed by atoms with van der Waals surface area (Å²) in [5.74, 6) is 0. The SMILES string of the molecule is CC(C)(C)P(C(C)(C)C)C(C)(C)C.CC(C)(C)[PH+](C(C)(C)C)C(C)(C)C.CN(C)c1ccc(P(C(C)(C)C)C(C)(C)C)cc1.CP(C(C)(C)C)C(C)(C)C.FB(F)F.[F-]. The largest absolute Gasteiger partial charge is 1.00 e. The molecule has 0 unspecified atom stereocenters. The van der Waals surface area contributed by atoms with Crippen molar-refractivity contribution in [3.63, 3.8) is 0 Å². The lowest BCUT2D eigenvalue weighted by molar-refractivity contribution is -0.0000190. The van der Waals surface area contributed by atoms with Crippen LogP contribution in [0.5, 0.6) is 0 Å². The second-order valence-electron chi connectivity index (χ2n) is 26.2. The van der Waals surface area contributed by atoms with E-state index in [1.807, 2.05) is 0 Å². The Balaban J connectivity index is -0.000000216. The van der Waals surface area contributed by atoms with Crippen LogP contribution < -0.4 is 14.9 Å². The van der Waals surface area contributed by atoms with Gasteiger partial charge in [0.15, 0.2) is 0 Å². The first kappa shape index (κ1) is 68.6. The average Bonchev–Trinajstić information content (AvgIpc) is 2.80. The zero-order valence-corrected chi connectivity index (χ0v) is 49.4. The highest BCUT2D eigenvalue weighted by atomic mass is 31.1. The summed E-state index contributed by atoms with van der Waals surface area (Å²) >= 11 is 0. The van der Waals surface area contributed by atoms with Gasteiger partial charge in [0.2, 0.25) is 0 Å². The van der Waals surface area contributed by atoms with Crippen molar-refractivity contribution in [1.82, 2.24) is 0 Å². The van der Waals surface area contributed by atoms with Gasteiger partial charge in [-0.25, -0.2) is 0 Å². The topological polar surface area (TPSA) is 3.24 Å². The molecule has 0 aromatic heterocycles. The van der Waals surface area contributed by atoms with E-state index in [9.17, 15) is 12.9 Å². The second-order valence-corrected chi connectivity index (χ2v) is 43.8. The first-order chi connectivity index (χ1) is 24.7. The number of halogens is 4. The Morgan fingerprint density at radius 3 is 0.729 bits per heavy atom. The zero-order chi connectivity index (χ0) is 48.4. The molecule has 0 radical (unpaired) electrons. The summed E-state index contributed by atoms with van der Waals surface area (Å²) in [6.45, 7) is 73.7. The lowest BCUT2D eigenvalue weighted by atomic mass is 10.2. The van der Waals surface area contributed by atoms with E-state index in [0.717, 1.165) is 0 Å². The van der Waals surface area contributed by atoms with E-state index >= 15 is 0 Å². The molecule has 0 aliphatic carbocycles. The molecule has 0 saturated heterocycles. The minimum Gasteiger partial charge on any atom is -1.00 e. The van der Waals surface area contributed by atoms with E-state index in [1.54, 1.807) is 0 Å². The van der Waals surface area contributed by atoms with Gasteiger partial charge < -0.3 is 9.60 Å². The Hall–Kier alpha value is 0.525. The van der Waals surface area contributed by atoms with E-state index in [0.29, 0.717) is 51.6 Å². The quantitative estimate of drug-likeness (QED) is 0.162. The maximum absolute atomic E-state index is 9.67. The zero-order valence-electron chi connectivity index (χ0n) is 45.7. The van der Waals surface area contributed by atoms with Gasteiger partial charge >= 0.3 is 7.54 Å². The summed E-state index contributed by atoms with van der Waals surface area (Å²) in [7, 11) is 0.0849. The van der Waals surface area contributed by atoms with Gasteiger partial charge in [-0.3, -0.25) is 12.9 Å². The fourth-order valence-electron chi connectivity index (χ4n) is 10.1. The molecule has 10 heteroatoms. The van der Waals surface area contributed by atoms with E-state index in [-0.39, 0.29) is 28.5 Å². The molecule has 1 rings (SSSR count). The molecule has 0 aliphatic heterocycles. The number of nitrogens with zero attached hydrogens (tertiary/aromatic N) is 1. The highest BCUT2D eigenvalue weighted by Gasteiger charge is 2.49. The molecule has 59 heavy (non-hydrogen) atoms. The smallest absolute Gasteiger partial charge is 0.762 e. The molecule has 0 amide bonds. The Morgan fingerprint density at radius 2 is 0.644 bits per heavy atom. The van der Waals surface area contributed by atoms with Crippen molar-refractivity contribution in [3.05, 3.63) is 24.3 Å². The van der Waals surface area contributed by atoms with Crippen LogP contribution in [0.1, 0.15) is 208 Å². The molecule has 1 nitrogen and oxygen atoms in total. The highest BCUT2D eigenvalue weighted by molar-refractivity contribution is 7.68. The van der Waals surface area contributed by atoms with Crippen LogP contribution >= 0.6 is 31.7 Å². The van der Waals surface area contributed by atoms with Gasteiger partial charge in [0.05, 0.1) is 15.5 Å². The van der Waals surface area contributed by atoms with Gasteiger partial charge in [-0.1, -0.05) is 181 Å². The average molecular weight is 918 g/mol. The predicted octanol–water partition coefficient (Wildman–Crippen LogP) is 15.5. The summed E-state index contributed by atoms with van der Waals surface area (Å²) in [6, 6.07) is 9.11. The fourth-order valence-corrected chi connectivity index (χ4v) is 28.9. The molecule has 0 bridgehead atoms. The summed E-state index contributed by atoms with van der Waals surface area (Å²) < 4.78 is 29.0. The molecule has 0 heterocycles. The molecular weight excluding hydrogens is 813 g/mol.